The summed E-state index contributed by atoms with van der Waals surface area (Å²) in [6.45, 7) is 3.33. The molecule has 2 aromatic carbocycles. The van der Waals surface area contributed by atoms with Gasteiger partial charge in [0.2, 0.25) is 0 Å². The summed E-state index contributed by atoms with van der Waals surface area (Å²) < 4.78 is 0. The van der Waals surface area contributed by atoms with E-state index < -0.39 is 11.9 Å². The minimum absolute atomic E-state index is 0.00958. The van der Waals surface area contributed by atoms with Crippen LogP contribution < -0.4 is 5.73 Å². The Morgan fingerprint density at radius 1 is 0.793 bits per heavy atom. The fraction of sp³-hybridized carbons (Fsp3) is 0.100. The largest absolute Gasteiger partial charge is 0.478 e. The number of rotatable bonds is 2. The maximum absolute atomic E-state index is 10.5. The highest BCUT2D eigenvalue weighted by molar-refractivity contribution is 5.96. The van der Waals surface area contributed by atoms with Gasteiger partial charge in [0.05, 0.1) is 33.4 Å². The molecular weight excluding hydrogens is 374 g/mol. The number of carboxylic acids is 2. The Labute approximate surface area is 165 Å². The molecule has 0 aliphatic carbocycles. The molecule has 0 aromatic heterocycles. The van der Waals surface area contributed by atoms with Gasteiger partial charge in [-0.3, -0.25) is 0 Å². The van der Waals surface area contributed by atoms with E-state index in [1.807, 2.05) is 24.3 Å². The van der Waals surface area contributed by atoms with E-state index in [1.54, 1.807) is 13.8 Å². The first-order chi connectivity index (χ1) is 13.6. The third kappa shape index (κ3) is 4.46. The molecule has 0 fully saturated rings. The minimum Gasteiger partial charge on any atom is -0.478 e. The molecular formula is C20H13N5O4. The Balaban J connectivity index is 0.000000296. The summed E-state index contributed by atoms with van der Waals surface area (Å²) in [5, 5.41) is 52.9. The molecule has 142 valence electrons. The first-order valence-electron chi connectivity index (χ1n) is 7.78. The van der Waals surface area contributed by atoms with Crippen molar-refractivity contribution in [3.63, 3.8) is 0 Å². The molecule has 0 saturated carbocycles. The van der Waals surface area contributed by atoms with Crippen molar-refractivity contribution in [2.24, 2.45) is 0 Å². The van der Waals surface area contributed by atoms with Gasteiger partial charge in [-0.05, 0) is 43.2 Å². The van der Waals surface area contributed by atoms with E-state index in [-0.39, 0.29) is 39.1 Å². The zero-order valence-corrected chi connectivity index (χ0v) is 15.3. The lowest BCUT2D eigenvalue weighted by atomic mass is 9.89. The van der Waals surface area contributed by atoms with Crippen LogP contribution in [0.2, 0.25) is 0 Å². The van der Waals surface area contributed by atoms with Crippen LogP contribution >= 0.6 is 0 Å². The average molecular weight is 387 g/mol. The molecule has 0 heterocycles. The molecule has 0 aliphatic rings. The predicted octanol–water partition coefficient (Wildman–Crippen LogP) is 2.46. The number of nitrogens with two attached hydrogens (primary N) is 1. The Bertz CT molecular complexity index is 1130. The van der Waals surface area contributed by atoms with Crippen LogP contribution in [0.5, 0.6) is 0 Å². The Morgan fingerprint density at radius 2 is 1.21 bits per heavy atom. The van der Waals surface area contributed by atoms with Crippen LogP contribution in [0.4, 0.5) is 5.69 Å². The van der Waals surface area contributed by atoms with E-state index >= 15 is 0 Å². The second kappa shape index (κ2) is 9.19. The fourth-order valence-corrected chi connectivity index (χ4v) is 2.39. The third-order valence-corrected chi connectivity index (χ3v) is 4.04. The van der Waals surface area contributed by atoms with Crippen LogP contribution in [0.15, 0.2) is 18.2 Å². The van der Waals surface area contributed by atoms with E-state index in [0.717, 1.165) is 6.07 Å². The first kappa shape index (κ1) is 22.2. The van der Waals surface area contributed by atoms with E-state index in [2.05, 4.69) is 0 Å². The van der Waals surface area contributed by atoms with Crippen LogP contribution in [0.1, 0.15) is 54.1 Å². The van der Waals surface area contributed by atoms with Gasteiger partial charge in [0.25, 0.3) is 0 Å². The summed E-state index contributed by atoms with van der Waals surface area (Å²) >= 11 is 0. The summed E-state index contributed by atoms with van der Waals surface area (Å²) in [5.74, 6) is -2.31. The number of nitrogen functional groups attached to an aromatic ring is 1. The van der Waals surface area contributed by atoms with Crippen molar-refractivity contribution in [3.05, 3.63) is 62.7 Å². The van der Waals surface area contributed by atoms with E-state index in [0.29, 0.717) is 11.1 Å². The molecule has 0 spiro atoms. The number of carboxylic acid groups (broad SMARTS) is 2. The Kier molecular flexibility index (Phi) is 7.03. The monoisotopic (exact) mass is 387 g/mol. The van der Waals surface area contributed by atoms with E-state index in [1.165, 1.54) is 12.1 Å². The number of benzene rings is 2. The number of hydrogen-bond donors (Lipinski definition) is 3. The molecule has 0 aliphatic heterocycles. The number of nitriles is 4. The zero-order chi connectivity index (χ0) is 22.3. The summed E-state index contributed by atoms with van der Waals surface area (Å²) in [6, 6.07) is 10.9. The number of hydrogen-bond acceptors (Lipinski definition) is 7. The number of aromatic carboxylic acids is 2. The molecule has 0 atom stereocenters. The lowest BCUT2D eigenvalue weighted by Crippen LogP contribution is -2.05. The van der Waals surface area contributed by atoms with Crippen molar-refractivity contribution in [2.75, 3.05) is 5.73 Å². The van der Waals surface area contributed by atoms with Gasteiger partial charge in [-0.25, -0.2) is 9.59 Å². The van der Waals surface area contributed by atoms with Crippen LogP contribution in [0, 0.1) is 59.2 Å². The molecule has 9 heteroatoms. The standard InChI is InChI=1S/C12H6N4.C8H7NO4/c1-7-8(2)10(4-14)12(6-16)11(5-15)9(7)3-13;9-6-3-4(7(10)11)1-2-5(6)8(12)13/h1-2H3;1-3H,9H2,(H,10,11)(H,12,13). The topological polar surface area (TPSA) is 196 Å². The second-order valence-electron chi connectivity index (χ2n) is 5.61. The smallest absolute Gasteiger partial charge is 0.337 e. The van der Waals surface area contributed by atoms with Crippen molar-refractivity contribution < 1.29 is 19.8 Å². The lowest BCUT2D eigenvalue weighted by Gasteiger charge is -2.08. The van der Waals surface area contributed by atoms with Crippen molar-refractivity contribution in [2.45, 2.75) is 13.8 Å². The number of anilines is 1. The van der Waals surface area contributed by atoms with Gasteiger partial charge in [0, 0.05) is 5.69 Å². The maximum Gasteiger partial charge on any atom is 0.337 e. The predicted molar refractivity (Wildman–Crippen MR) is 99.5 cm³/mol. The summed E-state index contributed by atoms with van der Waals surface area (Å²) in [4.78, 5) is 20.9. The van der Waals surface area contributed by atoms with Crippen molar-refractivity contribution >= 4 is 17.6 Å². The van der Waals surface area contributed by atoms with E-state index in [9.17, 15) is 9.59 Å². The Morgan fingerprint density at radius 3 is 1.48 bits per heavy atom. The lowest BCUT2D eigenvalue weighted by molar-refractivity contribution is 0.0682. The van der Waals surface area contributed by atoms with Crippen molar-refractivity contribution in [3.8, 4) is 24.3 Å². The highest BCUT2D eigenvalue weighted by Gasteiger charge is 2.19. The second-order valence-corrected chi connectivity index (χ2v) is 5.61. The molecule has 4 N–H and O–H groups in total. The van der Waals surface area contributed by atoms with Gasteiger partial charge in [0.1, 0.15) is 24.3 Å². The van der Waals surface area contributed by atoms with Crippen LogP contribution in [-0.2, 0) is 0 Å². The van der Waals surface area contributed by atoms with Gasteiger partial charge < -0.3 is 15.9 Å². The quantitative estimate of drug-likeness (QED) is 0.648. The molecule has 9 nitrogen and oxygen atoms in total. The number of nitrogens with zero attached hydrogens (tertiary/aromatic N) is 4. The Hall–Kier alpha value is -4.86. The third-order valence-electron chi connectivity index (χ3n) is 4.04. The molecule has 0 radical (unpaired) electrons. The van der Waals surface area contributed by atoms with Gasteiger partial charge in [0.15, 0.2) is 0 Å². The molecule has 0 unspecified atom stereocenters. The fourth-order valence-electron chi connectivity index (χ4n) is 2.39. The average Bonchev–Trinajstić information content (AvgIpc) is 2.69. The van der Waals surface area contributed by atoms with Crippen LogP contribution in [-0.4, -0.2) is 22.2 Å². The van der Waals surface area contributed by atoms with Crippen LogP contribution in [0.25, 0.3) is 0 Å². The number of carbonyl (C=O) groups is 2. The molecule has 2 aromatic rings. The van der Waals surface area contributed by atoms with E-state index in [4.69, 9.17) is 37.0 Å². The summed E-state index contributed by atoms with van der Waals surface area (Å²) in [5.41, 5.74) is 6.64. The first-order valence-corrected chi connectivity index (χ1v) is 7.78. The van der Waals surface area contributed by atoms with Crippen molar-refractivity contribution in [1.29, 1.82) is 21.0 Å². The normalized spacial score (nSPS) is 8.90. The highest BCUT2D eigenvalue weighted by atomic mass is 16.4. The summed E-state index contributed by atoms with van der Waals surface area (Å²) in [7, 11) is 0. The van der Waals surface area contributed by atoms with Crippen molar-refractivity contribution in [1.82, 2.24) is 0 Å². The molecule has 2 rings (SSSR count). The highest BCUT2D eigenvalue weighted by Crippen LogP contribution is 2.25. The molecule has 0 amide bonds. The van der Waals surface area contributed by atoms with Gasteiger partial charge >= 0.3 is 11.9 Å². The van der Waals surface area contributed by atoms with Crippen LogP contribution in [0.3, 0.4) is 0 Å². The molecule has 0 saturated heterocycles. The zero-order valence-electron chi connectivity index (χ0n) is 15.3. The SMILES string of the molecule is Cc1c(C)c(C#N)c(C#N)c(C#N)c1C#N.Nc1cc(C(=O)O)ccc1C(=O)O. The minimum atomic E-state index is -1.17. The summed E-state index contributed by atoms with van der Waals surface area (Å²) in [6.07, 6.45) is 0. The molecule has 0 bridgehead atoms. The maximum atomic E-state index is 10.5. The van der Waals surface area contributed by atoms with Gasteiger partial charge in [-0.1, -0.05) is 0 Å². The van der Waals surface area contributed by atoms with Gasteiger partial charge in [-0.2, -0.15) is 21.0 Å². The molecule has 29 heavy (non-hydrogen) atoms. The van der Waals surface area contributed by atoms with Gasteiger partial charge in [-0.15, -0.1) is 0 Å².